The summed E-state index contributed by atoms with van der Waals surface area (Å²) in [6.45, 7) is -1.25. The maximum atomic E-state index is 11.6. The van der Waals surface area contributed by atoms with Crippen LogP contribution >= 0.6 is 25.8 Å². The molecule has 1 rings (SSSR count). The van der Waals surface area contributed by atoms with Gasteiger partial charge in [0, 0.05) is 0 Å². The summed E-state index contributed by atoms with van der Waals surface area (Å²) in [5, 5.41) is 0. The van der Waals surface area contributed by atoms with Gasteiger partial charge in [-0.15, -0.1) is 0 Å². The maximum Gasteiger partial charge on any atom is 0.560 e. The highest BCUT2D eigenvalue weighted by atomic mass is 79.9. The molecule has 0 N–H and O–H groups in total. The monoisotopic (exact) mass is 357 g/mol. The van der Waals surface area contributed by atoms with Gasteiger partial charge in [0.05, 0.1) is 0 Å². The number of rotatable bonds is 2. The molecule has 81 valence electrons. The van der Waals surface area contributed by atoms with Crippen molar-refractivity contribution in [3.05, 3.63) is 30.3 Å². The van der Waals surface area contributed by atoms with Gasteiger partial charge in [-0.05, 0) is 18.2 Å². The number of alkyl halides is 3. The molecule has 0 spiro atoms. The van der Waals surface area contributed by atoms with Crippen LogP contribution in [0.15, 0.2) is 24.3 Å². The highest BCUT2D eigenvalue weighted by Crippen LogP contribution is 2.17. The Bertz CT molecular complexity index is 256. The van der Waals surface area contributed by atoms with Crippen LogP contribution in [0.4, 0.5) is 13.2 Å². The summed E-state index contributed by atoms with van der Waals surface area (Å²) < 4.78 is 39.3. The van der Waals surface area contributed by atoms with E-state index in [1.165, 1.54) is 24.3 Å². The summed E-state index contributed by atoms with van der Waals surface area (Å²) in [6, 6.07) is 8.50. The Labute approximate surface area is 108 Å². The average molecular weight is 359 g/mol. The van der Waals surface area contributed by atoms with Crippen molar-refractivity contribution < 1.29 is 17.9 Å². The van der Waals surface area contributed by atoms with Crippen LogP contribution in [-0.2, 0) is 0 Å². The average Bonchev–Trinajstić information content (AvgIpc) is 2.17. The van der Waals surface area contributed by atoms with Gasteiger partial charge in [0.15, 0.2) is 6.61 Å². The van der Waals surface area contributed by atoms with Crippen molar-refractivity contribution in [3.8, 4) is 5.75 Å². The van der Waals surface area contributed by atoms with E-state index in [4.69, 9.17) is 0 Å². The van der Waals surface area contributed by atoms with Crippen molar-refractivity contribution in [2.45, 2.75) is 6.18 Å². The minimum atomic E-state index is -4.28. The lowest BCUT2D eigenvalue weighted by atomic mass is 10.3. The van der Waals surface area contributed by atoms with Gasteiger partial charge >= 0.3 is 22.2 Å². The Hall–Kier alpha value is 0.536. The van der Waals surface area contributed by atoms with Crippen LogP contribution < -0.4 is 4.74 Å². The highest BCUT2D eigenvalue weighted by molar-refractivity contribution is 9.47. The van der Waals surface area contributed by atoms with Gasteiger partial charge in [-0.25, -0.2) is 0 Å². The molecule has 0 aliphatic heterocycles. The molecular formula is C8H6Br2F3MgO. The molecular weight excluding hydrogens is 353 g/mol. The molecule has 0 atom stereocenters. The van der Waals surface area contributed by atoms with Gasteiger partial charge in [0.25, 0.3) is 0 Å². The van der Waals surface area contributed by atoms with Gasteiger partial charge in [-0.2, -0.15) is 13.2 Å². The van der Waals surface area contributed by atoms with Crippen LogP contribution in [-0.4, -0.2) is 28.8 Å². The Morgan fingerprint density at radius 3 is 2.13 bits per heavy atom. The Kier molecular flexibility index (Phi) is 8.97. The Morgan fingerprint density at radius 1 is 1.27 bits per heavy atom. The molecule has 1 radical (unpaired) electrons. The Morgan fingerprint density at radius 2 is 1.73 bits per heavy atom. The molecule has 0 fully saturated rings. The molecule has 0 heterocycles. The second-order valence-corrected chi connectivity index (χ2v) is 10.3. The normalized spacial score (nSPS) is 9.67. The lowest BCUT2D eigenvalue weighted by Gasteiger charge is -2.07. The van der Waals surface area contributed by atoms with Crippen LogP contribution in [0.5, 0.6) is 5.75 Å². The van der Waals surface area contributed by atoms with E-state index in [9.17, 15) is 13.2 Å². The Balaban J connectivity index is 0.000000583. The quantitative estimate of drug-likeness (QED) is 0.731. The third kappa shape index (κ3) is 10.8. The molecule has 1 aromatic rings. The lowest BCUT2D eigenvalue weighted by Crippen LogP contribution is -2.19. The zero-order valence-corrected chi connectivity index (χ0v) is 12.1. The summed E-state index contributed by atoms with van der Waals surface area (Å²) in [4.78, 5) is 0. The van der Waals surface area contributed by atoms with Crippen LogP contribution in [0.1, 0.15) is 0 Å². The van der Waals surface area contributed by atoms with Gasteiger partial charge in [-0.3, -0.25) is 25.8 Å². The van der Waals surface area contributed by atoms with Crippen molar-refractivity contribution in [1.29, 1.82) is 0 Å². The summed E-state index contributed by atoms with van der Waals surface area (Å²) >= 11 is 6.44. The number of hydrogen-bond acceptors (Lipinski definition) is 1. The predicted molar refractivity (Wildman–Crippen MR) is 60.4 cm³/mol. The molecule has 0 aliphatic carbocycles. The summed E-state index contributed by atoms with van der Waals surface area (Å²) in [6.07, 6.45) is -4.28. The molecule has 15 heavy (non-hydrogen) atoms. The highest BCUT2D eigenvalue weighted by Gasteiger charge is 2.28. The third-order valence-electron chi connectivity index (χ3n) is 1.09. The van der Waals surface area contributed by atoms with E-state index in [1.54, 1.807) is 0 Å². The maximum absolute atomic E-state index is 11.6. The minimum absolute atomic E-state index is 0.0417. The largest absolute Gasteiger partial charge is 0.560 e. The second kappa shape index (κ2) is 8.66. The van der Waals surface area contributed by atoms with Crippen LogP contribution in [0.2, 0.25) is 0 Å². The summed E-state index contributed by atoms with van der Waals surface area (Å²) in [5.74, 6) is 0.200. The van der Waals surface area contributed by atoms with Crippen molar-refractivity contribution in [1.82, 2.24) is 0 Å². The molecule has 1 aromatic carbocycles. The van der Waals surface area contributed by atoms with E-state index in [2.05, 4.69) is 36.6 Å². The first-order valence-corrected chi connectivity index (χ1v) is 11.6. The van der Waals surface area contributed by atoms with Crippen LogP contribution in [0.3, 0.4) is 0 Å². The molecule has 0 saturated carbocycles. The summed E-state index contributed by atoms with van der Waals surface area (Å²) in [7, 11) is 0. The zero-order valence-electron chi connectivity index (χ0n) is 7.52. The van der Waals surface area contributed by atoms with E-state index >= 15 is 0 Å². The van der Waals surface area contributed by atoms with E-state index in [0.29, 0.717) is 0 Å². The molecule has 7 heteroatoms. The number of halogens is 5. The molecule has 1 nitrogen and oxygen atoms in total. The fourth-order valence-corrected chi connectivity index (χ4v) is 0.633. The molecule has 0 unspecified atom stereocenters. The van der Waals surface area contributed by atoms with Crippen molar-refractivity contribution >= 4 is 41.8 Å². The van der Waals surface area contributed by atoms with Crippen LogP contribution in [0.25, 0.3) is 0 Å². The van der Waals surface area contributed by atoms with Crippen LogP contribution in [0, 0.1) is 6.07 Å². The van der Waals surface area contributed by atoms with E-state index in [-0.39, 0.29) is 21.8 Å². The fraction of sp³-hybridized carbons (Fsp3) is 0.250. The standard InChI is InChI=1S/C8H6F3O.2BrH.Mg/c9-8(10,11)6-12-7-4-2-1-3-5-7;;;/h2-5H,6H2;2*1H;/q;;;+2/p-2. The summed E-state index contributed by atoms with van der Waals surface area (Å²) in [5.41, 5.74) is 0. The van der Waals surface area contributed by atoms with E-state index < -0.39 is 12.8 Å². The molecule has 0 aromatic heterocycles. The molecule has 0 saturated heterocycles. The fourth-order valence-electron chi connectivity index (χ4n) is 0.633. The first kappa shape index (κ1) is 15.5. The van der Waals surface area contributed by atoms with Crippen molar-refractivity contribution in [2.75, 3.05) is 6.61 Å². The lowest BCUT2D eigenvalue weighted by molar-refractivity contribution is -0.153. The van der Waals surface area contributed by atoms with E-state index in [0.717, 1.165) is 0 Å². The SMILES string of the molecule is FC(F)(F)COc1cc[c]cc1.[Br][Mg][Br]. The van der Waals surface area contributed by atoms with E-state index in [1.807, 2.05) is 0 Å². The number of ether oxygens (including phenoxy) is 1. The molecule has 0 aliphatic rings. The third-order valence-corrected chi connectivity index (χ3v) is 1.09. The topological polar surface area (TPSA) is 9.23 Å². The van der Waals surface area contributed by atoms with Crippen molar-refractivity contribution in [2.24, 2.45) is 0 Å². The van der Waals surface area contributed by atoms with Gasteiger partial charge < -0.3 is 4.74 Å². The predicted octanol–water partition coefficient (Wildman–Crippen LogP) is 3.74. The molecule has 0 bridgehead atoms. The zero-order chi connectivity index (χ0) is 11.7. The first-order valence-electron chi connectivity index (χ1n) is 3.77. The number of benzene rings is 1. The minimum Gasteiger partial charge on any atom is -0.484 e. The van der Waals surface area contributed by atoms with Crippen molar-refractivity contribution in [3.63, 3.8) is 0 Å². The second-order valence-electron chi connectivity index (χ2n) is 2.24. The smallest absolute Gasteiger partial charge is 0.484 e. The first-order chi connectivity index (χ1) is 6.99. The number of hydrogen-bond donors (Lipinski definition) is 0. The van der Waals surface area contributed by atoms with Gasteiger partial charge in [0.2, 0.25) is 0 Å². The van der Waals surface area contributed by atoms with Gasteiger partial charge in [0.1, 0.15) is 5.75 Å². The van der Waals surface area contributed by atoms with Gasteiger partial charge in [-0.1, -0.05) is 12.1 Å². The molecule has 0 amide bonds.